The Balaban J connectivity index is 1.67. The molecule has 6 nitrogen and oxygen atoms in total. The van der Waals surface area contributed by atoms with Gasteiger partial charge < -0.3 is 5.32 Å². The quantitative estimate of drug-likeness (QED) is 0.521. The third kappa shape index (κ3) is 3.33. The van der Waals surface area contributed by atoms with Gasteiger partial charge in [-0.3, -0.25) is 4.79 Å². The van der Waals surface area contributed by atoms with Crippen LogP contribution in [0.2, 0.25) is 0 Å². The number of hydrogen-bond donors (Lipinski definition) is 1. The van der Waals surface area contributed by atoms with Gasteiger partial charge >= 0.3 is 0 Å². The molecule has 0 saturated heterocycles. The molecule has 0 aliphatic heterocycles. The minimum atomic E-state index is 0.117. The number of nitriles is 1. The van der Waals surface area contributed by atoms with Crippen LogP contribution in [0.1, 0.15) is 29.3 Å². The van der Waals surface area contributed by atoms with E-state index in [0.29, 0.717) is 34.8 Å². The molecule has 1 N–H and O–H groups in total. The highest BCUT2D eigenvalue weighted by molar-refractivity contribution is 5.97. The highest BCUT2D eigenvalue weighted by atomic mass is 16.1. The first-order chi connectivity index (χ1) is 13.7. The van der Waals surface area contributed by atoms with Gasteiger partial charge in [-0.15, -0.1) is 5.10 Å². The zero-order valence-electron chi connectivity index (χ0n) is 15.3. The Kier molecular flexibility index (Phi) is 4.56. The maximum atomic E-state index is 12.0. The Hall–Kier alpha value is -3.98. The average Bonchev–Trinajstić information content (AvgIpc) is 3.15. The maximum Gasteiger partial charge on any atom is 0.247 e. The SMILES string of the molecule is CCC(=O)c1cccc(-c2ccc3nc(Nc4ccccc4C#N)nn3c2)c1. The third-order valence-corrected chi connectivity index (χ3v) is 4.46. The summed E-state index contributed by atoms with van der Waals surface area (Å²) in [5, 5.41) is 16.8. The fraction of sp³-hybridized carbons (Fsp3) is 0.0909. The number of Topliss-reactive ketones (excluding diaryl/α,β-unsaturated/α-hetero) is 1. The van der Waals surface area contributed by atoms with Crippen molar-refractivity contribution in [3.05, 3.63) is 78.0 Å². The van der Waals surface area contributed by atoms with Crippen molar-refractivity contribution < 1.29 is 4.79 Å². The van der Waals surface area contributed by atoms with E-state index < -0.39 is 0 Å². The van der Waals surface area contributed by atoms with Crippen molar-refractivity contribution in [3.8, 4) is 17.2 Å². The first kappa shape index (κ1) is 17.4. The smallest absolute Gasteiger partial charge is 0.247 e. The van der Waals surface area contributed by atoms with E-state index >= 15 is 0 Å². The topological polar surface area (TPSA) is 83.1 Å². The summed E-state index contributed by atoms with van der Waals surface area (Å²) >= 11 is 0. The molecule has 4 aromatic rings. The summed E-state index contributed by atoms with van der Waals surface area (Å²) in [6.07, 6.45) is 2.35. The Labute approximate surface area is 162 Å². The van der Waals surface area contributed by atoms with Crippen LogP contribution in [0.3, 0.4) is 0 Å². The summed E-state index contributed by atoms with van der Waals surface area (Å²) in [6, 6.07) is 20.8. The number of anilines is 2. The number of nitrogens with zero attached hydrogens (tertiary/aromatic N) is 4. The van der Waals surface area contributed by atoms with Crippen LogP contribution < -0.4 is 5.32 Å². The number of fused-ring (bicyclic) bond motifs is 1. The standard InChI is InChI=1S/C22H17N5O/c1-2-20(28)16-8-5-7-15(12-16)18-10-11-21-25-22(26-27(21)14-18)24-19-9-4-3-6-17(19)13-23/h3-12,14H,2H2,1H3,(H,24,26). The van der Waals surface area contributed by atoms with Gasteiger partial charge in [0, 0.05) is 23.7 Å². The molecular weight excluding hydrogens is 350 g/mol. The van der Waals surface area contributed by atoms with Crippen LogP contribution in [0.4, 0.5) is 11.6 Å². The zero-order chi connectivity index (χ0) is 19.5. The van der Waals surface area contributed by atoms with Crippen LogP contribution in [-0.2, 0) is 0 Å². The summed E-state index contributed by atoms with van der Waals surface area (Å²) in [5.41, 5.74) is 4.45. The number of rotatable bonds is 5. The van der Waals surface area contributed by atoms with Gasteiger partial charge in [0.1, 0.15) is 6.07 Å². The van der Waals surface area contributed by atoms with Crippen LogP contribution in [-0.4, -0.2) is 20.4 Å². The molecule has 0 bridgehead atoms. The van der Waals surface area contributed by atoms with E-state index in [1.54, 1.807) is 10.6 Å². The molecule has 136 valence electrons. The molecular formula is C22H17N5O. The molecule has 28 heavy (non-hydrogen) atoms. The van der Waals surface area contributed by atoms with Crippen LogP contribution in [0.15, 0.2) is 66.9 Å². The Bertz CT molecular complexity index is 1220. The Morgan fingerprint density at radius 3 is 2.79 bits per heavy atom. The molecule has 0 amide bonds. The van der Waals surface area contributed by atoms with Gasteiger partial charge in [0.25, 0.3) is 0 Å². The molecule has 0 saturated carbocycles. The zero-order valence-corrected chi connectivity index (χ0v) is 15.3. The number of ketones is 1. The van der Waals surface area contributed by atoms with Gasteiger partial charge in [-0.25, -0.2) is 4.52 Å². The van der Waals surface area contributed by atoms with Crippen LogP contribution in [0.5, 0.6) is 0 Å². The predicted molar refractivity (Wildman–Crippen MR) is 107 cm³/mol. The fourth-order valence-corrected chi connectivity index (χ4v) is 2.99. The number of carbonyl (C=O) groups excluding carboxylic acids is 1. The van der Waals surface area contributed by atoms with Gasteiger partial charge in [0.15, 0.2) is 11.4 Å². The van der Waals surface area contributed by atoms with Crippen molar-refractivity contribution in [1.82, 2.24) is 14.6 Å². The summed E-state index contributed by atoms with van der Waals surface area (Å²) < 4.78 is 1.68. The fourth-order valence-electron chi connectivity index (χ4n) is 2.99. The number of para-hydroxylation sites is 1. The number of benzene rings is 2. The molecule has 0 spiro atoms. The van der Waals surface area contributed by atoms with E-state index in [-0.39, 0.29) is 5.78 Å². The minimum Gasteiger partial charge on any atom is -0.322 e. The lowest BCUT2D eigenvalue weighted by atomic mass is 10.0. The Morgan fingerprint density at radius 1 is 1.11 bits per heavy atom. The van der Waals surface area contributed by atoms with Crippen molar-refractivity contribution in [2.45, 2.75) is 13.3 Å². The van der Waals surface area contributed by atoms with Gasteiger partial charge in [0.05, 0.1) is 11.3 Å². The highest BCUT2D eigenvalue weighted by Crippen LogP contribution is 2.23. The molecule has 0 aliphatic rings. The van der Waals surface area contributed by atoms with Crippen LogP contribution in [0, 0.1) is 11.3 Å². The number of aromatic nitrogens is 3. The lowest BCUT2D eigenvalue weighted by Crippen LogP contribution is -1.97. The normalized spacial score (nSPS) is 10.6. The molecule has 0 aliphatic carbocycles. The molecule has 2 heterocycles. The second-order valence-electron chi connectivity index (χ2n) is 6.30. The largest absolute Gasteiger partial charge is 0.322 e. The van der Waals surface area contributed by atoms with E-state index in [4.69, 9.17) is 0 Å². The lowest BCUT2D eigenvalue weighted by molar-refractivity contribution is 0.0988. The Morgan fingerprint density at radius 2 is 1.96 bits per heavy atom. The van der Waals surface area contributed by atoms with Gasteiger partial charge in [-0.05, 0) is 35.9 Å². The molecule has 0 radical (unpaired) electrons. The minimum absolute atomic E-state index is 0.117. The number of pyridine rings is 1. The second kappa shape index (κ2) is 7.33. The average molecular weight is 367 g/mol. The van der Waals surface area contributed by atoms with Crippen molar-refractivity contribution in [2.24, 2.45) is 0 Å². The van der Waals surface area contributed by atoms with Crippen molar-refractivity contribution in [1.29, 1.82) is 5.26 Å². The molecule has 0 atom stereocenters. The number of carbonyl (C=O) groups is 1. The molecule has 0 unspecified atom stereocenters. The molecule has 6 heteroatoms. The van der Waals surface area contributed by atoms with Crippen LogP contribution >= 0.6 is 0 Å². The highest BCUT2D eigenvalue weighted by Gasteiger charge is 2.09. The van der Waals surface area contributed by atoms with E-state index in [1.165, 1.54) is 0 Å². The second-order valence-corrected chi connectivity index (χ2v) is 6.30. The van der Waals surface area contributed by atoms with E-state index in [2.05, 4.69) is 21.5 Å². The summed E-state index contributed by atoms with van der Waals surface area (Å²) in [5.74, 6) is 0.529. The van der Waals surface area contributed by atoms with Crippen molar-refractivity contribution in [3.63, 3.8) is 0 Å². The maximum absolute atomic E-state index is 12.0. The van der Waals surface area contributed by atoms with Crippen molar-refractivity contribution >= 4 is 23.1 Å². The van der Waals surface area contributed by atoms with E-state index in [9.17, 15) is 10.1 Å². The summed E-state index contributed by atoms with van der Waals surface area (Å²) in [6.45, 7) is 1.86. The third-order valence-electron chi connectivity index (χ3n) is 4.46. The van der Waals surface area contributed by atoms with E-state index in [0.717, 1.165) is 11.1 Å². The van der Waals surface area contributed by atoms with Crippen molar-refractivity contribution in [2.75, 3.05) is 5.32 Å². The predicted octanol–water partition coefficient (Wildman–Crippen LogP) is 4.60. The number of nitrogens with one attached hydrogen (secondary N) is 1. The molecule has 4 rings (SSSR count). The first-order valence-electron chi connectivity index (χ1n) is 8.94. The van der Waals surface area contributed by atoms with Gasteiger partial charge in [0.2, 0.25) is 5.95 Å². The molecule has 2 aromatic carbocycles. The lowest BCUT2D eigenvalue weighted by Gasteiger charge is -2.04. The monoisotopic (exact) mass is 367 g/mol. The summed E-state index contributed by atoms with van der Waals surface area (Å²) in [7, 11) is 0. The number of hydrogen-bond acceptors (Lipinski definition) is 5. The summed E-state index contributed by atoms with van der Waals surface area (Å²) in [4.78, 5) is 16.4. The van der Waals surface area contributed by atoms with E-state index in [1.807, 2.05) is 67.7 Å². The van der Waals surface area contributed by atoms with Gasteiger partial charge in [-0.2, -0.15) is 10.2 Å². The first-order valence-corrected chi connectivity index (χ1v) is 8.94. The molecule has 2 aromatic heterocycles. The molecule has 0 fully saturated rings. The van der Waals surface area contributed by atoms with Gasteiger partial charge in [-0.1, -0.05) is 37.3 Å². The van der Waals surface area contributed by atoms with Crippen LogP contribution in [0.25, 0.3) is 16.8 Å².